The fourth-order valence-corrected chi connectivity index (χ4v) is 3.17. The second-order valence-corrected chi connectivity index (χ2v) is 9.73. The number of aliphatic carboxylic acids is 1. The van der Waals surface area contributed by atoms with Crippen molar-refractivity contribution in [2.45, 2.75) is 72.6 Å². The van der Waals surface area contributed by atoms with Gasteiger partial charge in [0.25, 0.3) is 0 Å². The van der Waals surface area contributed by atoms with Gasteiger partial charge in [-0.1, -0.05) is 26.7 Å². The molecular weight excluding hydrogens is 330 g/mol. The van der Waals surface area contributed by atoms with Gasteiger partial charge >= 0.3 is 5.97 Å². The molecule has 0 radical (unpaired) electrons. The number of carboxylic acids is 1. The maximum atomic E-state index is 11.0. The minimum absolute atomic E-state index is 0.0309. The van der Waals surface area contributed by atoms with Crippen molar-refractivity contribution in [1.82, 2.24) is 0 Å². The molecule has 0 aliphatic heterocycles. The number of ether oxygens (including phenoxy) is 1. The number of carboxylic acid groups (broad SMARTS) is 1. The predicted octanol–water partition coefficient (Wildman–Crippen LogP) is 3.16. The lowest BCUT2D eigenvalue weighted by Gasteiger charge is -2.24. The number of unbranched alkanes of at least 4 members (excludes halogenated alkanes) is 2. The van der Waals surface area contributed by atoms with Crippen LogP contribution in [0.2, 0.25) is 0 Å². The van der Waals surface area contributed by atoms with Crippen molar-refractivity contribution in [2.75, 3.05) is 19.0 Å². The third-order valence-corrected chi connectivity index (χ3v) is 5.15. The van der Waals surface area contributed by atoms with E-state index in [1.54, 1.807) is 13.8 Å². The summed E-state index contributed by atoms with van der Waals surface area (Å²) < 4.78 is 27.6. The molecule has 6 nitrogen and oxygen atoms in total. The molecule has 0 fully saturated rings. The van der Waals surface area contributed by atoms with Crippen LogP contribution in [-0.4, -0.2) is 38.5 Å². The van der Waals surface area contributed by atoms with E-state index in [1.807, 2.05) is 0 Å². The van der Waals surface area contributed by atoms with Gasteiger partial charge in [-0.25, -0.2) is 13.6 Å². The van der Waals surface area contributed by atoms with E-state index in [2.05, 4.69) is 13.8 Å². The lowest BCUT2D eigenvalue weighted by Crippen LogP contribution is -2.23. The highest BCUT2D eigenvalue weighted by Crippen LogP contribution is 2.27. The summed E-state index contributed by atoms with van der Waals surface area (Å²) in [6.07, 6.45) is 5.83. The van der Waals surface area contributed by atoms with Gasteiger partial charge in [-0.3, -0.25) is 4.79 Å². The van der Waals surface area contributed by atoms with Crippen LogP contribution in [0.4, 0.5) is 0 Å². The molecule has 0 unspecified atom stereocenters. The molecule has 0 atom stereocenters. The van der Waals surface area contributed by atoms with Crippen molar-refractivity contribution in [3.63, 3.8) is 0 Å². The van der Waals surface area contributed by atoms with Crippen molar-refractivity contribution < 1.29 is 23.1 Å². The molecule has 0 spiro atoms. The third-order valence-electron chi connectivity index (χ3n) is 4.37. The molecular formula is C17H35NO5S. The summed E-state index contributed by atoms with van der Waals surface area (Å²) in [5.74, 6) is -0.725. The molecule has 0 saturated heterocycles. The minimum atomic E-state index is -3.38. The van der Waals surface area contributed by atoms with Crippen molar-refractivity contribution in [1.29, 1.82) is 0 Å². The Morgan fingerprint density at radius 3 is 1.92 bits per heavy atom. The molecule has 24 heavy (non-hydrogen) atoms. The second kappa shape index (κ2) is 10.4. The Balaban J connectivity index is 3.62. The minimum Gasteiger partial charge on any atom is -0.481 e. The van der Waals surface area contributed by atoms with E-state index in [-0.39, 0.29) is 11.2 Å². The first-order chi connectivity index (χ1) is 10.9. The van der Waals surface area contributed by atoms with Crippen molar-refractivity contribution >= 4 is 16.0 Å². The number of rotatable bonds is 14. The molecule has 0 rings (SSSR count). The monoisotopic (exact) mass is 365 g/mol. The van der Waals surface area contributed by atoms with Gasteiger partial charge in [0.15, 0.2) is 0 Å². The highest BCUT2D eigenvalue weighted by molar-refractivity contribution is 7.89. The van der Waals surface area contributed by atoms with Gasteiger partial charge in [0.2, 0.25) is 10.0 Å². The van der Waals surface area contributed by atoms with Crippen LogP contribution in [0, 0.1) is 10.8 Å². The summed E-state index contributed by atoms with van der Waals surface area (Å²) in [7, 11) is -3.38. The van der Waals surface area contributed by atoms with E-state index in [0.717, 1.165) is 32.1 Å². The van der Waals surface area contributed by atoms with Crippen LogP contribution < -0.4 is 5.14 Å². The molecule has 0 amide bonds. The highest BCUT2D eigenvalue weighted by atomic mass is 32.2. The average Bonchev–Trinajstić information content (AvgIpc) is 2.42. The fourth-order valence-electron chi connectivity index (χ4n) is 2.33. The van der Waals surface area contributed by atoms with Crippen LogP contribution in [0.1, 0.15) is 72.6 Å². The fraction of sp³-hybridized carbons (Fsp3) is 0.941. The van der Waals surface area contributed by atoms with Gasteiger partial charge in [-0.05, 0) is 51.4 Å². The van der Waals surface area contributed by atoms with Gasteiger partial charge in [0, 0.05) is 13.2 Å². The molecule has 0 bridgehead atoms. The van der Waals surface area contributed by atoms with Crippen LogP contribution >= 0.6 is 0 Å². The Hall–Kier alpha value is -0.660. The predicted molar refractivity (Wildman–Crippen MR) is 96.3 cm³/mol. The summed E-state index contributed by atoms with van der Waals surface area (Å²) >= 11 is 0. The molecule has 0 saturated carbocycles. The normalized spacial score (nSPS) is 13.2. The molecule has 0 aliphatic rings. The Labute approximate surface area is 147 Å². The molecule has 0 aliphatic carbocycles. The maximum absolute atomic E-state index is 11.0. The number of sulfonamides is 1. The van der Waals surface area contributed by atoms with E-state index in [9.17, 15) is 13.2 Å². The molecule has 7 heteroatoms. The zero-order chi connectivity index (χ0) is 18.9. The van der Waals surface area contributed by atoms with Gasteiger partial charge in [-0.2, -0.15) is 0 Å². The standard InChI is InChI=1S/C17H35NO5S/c1-16(2,11-14-24(18,21)22)9-5-7-12-23-13-8-6-10-17(3,4)15(19)20/h5-14H2,1-4H3,(H,19,20)(H2,18,21,22). The average molecular weight is 366 g/mol. The first kappa shape index (κ1) is 23.3. The van der Waals surface area contributed by atoms with Gasteiger partial charge in [-0.15, -0.1) is 0 Å². The van der Waals surface area contributed by atoms with Crippen LogP contribution in [-0.2, 0) is 19.6 Å². The summed E-state index contributed by atoms with van der Waals surface area (Å²) in [5.41, 5.74) is -0.697. The molecule has 3 N–H and O–H groups in total. The Kier molecular flexibility index (Phi) is 10.1. The lowest BCUT2D eigenvalue weighted by molar-refractivity contribution is -0.147. The molecule has 0 aromatic carbocycles. The van der Waals surface area contributed by atoms with Crippen LogP contribution in [0.25, 0.3) is 0 Å². The summed E-state index contributed by atoms with van der Waals surface area (Å²) in [4.78, 5) is 11.0. The maximum Gasteiger partial charge on any atom is 0.309 e. The molecule has 0 aromatic rings. The first-order valence-electron chi connectivity index (χ1n) is 8.67. The van der Waals surface area contributed by atoms with E-state index in [0.29, 0.717) is 26.1 Å². The van der Waals surface area contributed by atoms with Crippen molar-refractivity contribution in [3.8, 4) is 0 Å². The van der Waals surface area contributed by atoms with Gasteiger partial charge in [0.1, 0.15) is 0 Å². The van der Waals surface area contributed by atoms with E-state index >= 15 is 0 Å². The van der Waals surface area contributed by atoms with Crippen LogP contribution in [0.3, 0.4) is 0 Å². The highest BCUT2D eigenvalue weighted by Gasteiger charge is 2.26. The molecule has 0 heterocycles. The second-order valence-electron chi connectivity index (χ2n) is 8.00. The number of nitrogens with two attached hydrogens (primary N) is 1. The molecule has 0 aromatic heterocycles. The third kappa shape index (κ3) is 12.7. The number of hydrogen-bond acceptors (Lipinski definition) is 4. The zero-order valence-corrected chi connectivity index (χ0v) is 16.5. The number of primary sulfonamides is 1. The number of carbonyl (C=O) groups is 1. The Morgan fingerprint density at radius 2 is 1.46 bits per heavy atom. The summed E-state index contributed by atoms with van der Waals surface area (Å²) in [5, 5.41) is 14.1. The van der Waals surface area contributed by atoms with Gasteiger partial charge in [0.05, 0.1) is 11.2 Å². The van der Waals surface area contributed by atoms with Gasteiger partial charge < -0.3 is 9.84 Å². The summed E-state index contributed by atoms with van der Waals surface area (Å²) in [6, 6.07) is 0. The summed E-state index contributed by atoms with van der Waals surface area (Å²) in [6.45, 7) is 8.95. The van der Waals surface area contributed by atoms with Crippen molar-refractivity contribution in [3.05, 3.63) is 0 Å². The van der Waals surface area contributed by atoms with E-state index < -0.39 is 21.4 Å². The quantitative estimate of drug-likeness (QED) is 0.460. The Morgan fingerprint density at radius 1 is 0.958 bits per heavy atom. The zero-order valence-electron chi connectivity index (χ0n) is 15.6. The Bertz CT molecular complexity index is 471. The van der Waals surface area contributed by atoms with E-state index in [4.69, 9.17) is 15.0 Å². The lowest BCUT2D eigenvalue weighted by atomic mass is 9.85. The number of hydrogen-bond donors (Lipinski definition) is 2. The smallest absolute Gasteiger partial charge is 0.309 e. The molecule has 144 valence electrons. The topological polar surface area (TPSA) is 107 Å². The van der Waals surface area contributed by atoms with E-state index in [1.165, 1.54) is 0 Å². The SMILES string of the molecule is CC(C)(CCCCOCCCCC(C)(C)C(=O)O)CCS(N)(=O)=O. The van der Waals surface area contributed by atoms with Crippen LogP contribution in [0.15, 0.2) is 0 Å². The first-order valence-corrected chi connectivity index (χ1v) is 10.4. The largest absolute Gasteiger partial charge is 0.481 e. The van der Waals surface area contributed by atoms with Crippen molar-refractivity contribution in [2.24, 2.45) is 16.0 Å². The van der Waals surface area contributed by atoms with Crippen LogP contribution in [0.5, 0.6) is 0 Å².